The van der Waals surface area contributed by atoms with Crippen molar-refractivity contribution >= 4 is 16.6 Å². The number of fused-ring (bicyclic) bond motifs is 3. The van der Waals surface area contributed by atoms with E-state index in [0.717, 1.165) is 4.40 Å². The monoisotopic (exact) mass is 314 g/mol. The fourth-order valence-electron chi connectivity index (χ4n) is 2.55. The molecular weight excluding hydrogens is 305 g/mol. The van der Waals surface area contributed by atoms with Crippen molar-refractivity contribution in [2.24, 2.45) is 0 Å². The summed E-state index contributed by atoms with van der Waals surface area (Å²) >= 11 is 0. The van der Waals surface area contributed by atoms with E-state index in [9.17, 15) is 13.2 Å². The summed E-state index contributed by atoms with van der Waals surface area (Å²) in [4.78, 5) is 3.79. The van der Waals surface area contributed by atoms with Gasteiger partial charge in [-0.1, -0.05) is 42.5 Å². The van der Waals surface area contributed by atoms with Crippen LogP contribution in [0.2, 0.25) is 0 Å². The molecular formula is C16H9F3N4. The molecule has 2 aromatic carbocycles. The lowest BCUT2D eigenvalue weighted by molar-refractivity contribution is -0.145. The minimum Gasteiger partial charge on any atom is -0.254 e. The van der Waals surface area contributed by atoms with Crippen molar-refractivity contribution in [3.8, 4) is 11.4 Å². The zero-order valence-corrected chi connectivity index (χ0v) is 11.6. The quantitative estimate of drug-likeness (QED) is 0.534. The van der Waals surface area contributed by atoms with E-state index >= 15 is 0 Å². The Labute approximate surface area is 128 Å². The Morgan fingerprint density at radius 2 is 1.52 bits per heavy atom. The molecule has 0 fully saturated rings. The van der Waals surface area contributed by atoms with E-state index in [2.05, 4.69) is 15.2 Å². The lowest BCUT2D eigenvalue weighted by atomic mass is 10.2. The Morgan fingerprint density at radius 3 is 2.26 bits per heavy atom. The molecule has 0 spiro atoms. The third-order valence-electron chi connectivity index (χ3n) is 3.53. The van der Waals surface area contributed by atoms with Gasteiger partial charge in [0.15, 0.2) is 11.5 Å². The second-order valence-corrected chi connectivity index (χ2v) is 5.00. The van der Waals surface area contributed by atoms with Gasteiger partial charge in [0, 0.05) is 10.9 Å². The predicted molar refractivity (Wildman–Crippen MR) is 78.7 cm³/mol. The maximum absolute atomic E-state index is 13.5. The third kappa shape index (κ3) is 2.12. The van der Waals surface area contributed by atoms with E-state index in [1.54, 1.807) is 48.5 Å². The lowest BCUT2D eigenvalue weighted by Crippen LogP contribution is -2.15. The van der Waals surface area contributed by atoms with Crippen molar-refractivity contribution in [2.45, 2.75) is 6.18 Å². The maximum atomic E-state index is 13.5. The van der Waals surface area contributed by atoms with Gasteiger partial charge >= 0.3 is 6.18 Å². The average Bonchev–Trinajstić information content (AvgIpc) is 2.99. The molecule has 0 aliphatic carbocycles. The second kappa shape index (κ2) is 4.77. The molecule has 4 rings (SSSR count). The van der Waals surface area contributed by atoms with Gasteiger partial charge in [-0.2, -0.15) is 13.2 Å². The van der Waals surface area contributed by atoms with Gasteiger partial charge in [0.05, 0.1) is 5.52 Å². The van der Waals surface area contributed by atoms with Crippen LogP contribution in [0.5, 0.6) is 0 Å². The minimum atomic E-state index is -4.62. The Bertz CT molecular complexity index is 1010. The Kier molecular flexibility index (Phi) is 2.84. The van der Waals surface area contributed by atoms with Crippen LogP contribution in [-0.4, -0.2) is 19.6 Å². The summed E-state index contributed by atoms with van der Waals surface area (Å²) in [6.07, 6.45) is -4.62. The second-order valence-electron chi connectivity index (χ2n) is 5.00. The van der Waals surface area contributed by atoms with Crippen molar-refractivity contribution in [3.63, 3.8) is 0 Å². The van der Waals surface area contributed by atoms with E-state index in [4.69, 9.17) is 0 Å². The Balaban J connectivity index is 2.17. The molecule has 0 saturated heterocycles. The van der Waals surface area contributed by atoms with Gasteiger partial charge in [-0.15, -0.1) is 10.2 Å². The minimum absolute atomic E-state index is 0.117. The summed E-state index contributed by atoms with van der Waals surface area (Å²) in [5.41, 5.74) is 0.920. The van der Waals surface area contributed by atoms with Crippen molar-refractivity contribution in [1.29, 1.82) is 0 Å². The summed E-state index contributed by atoms with van der Waals surface area (Å²) in [7, 11) is 0. The first-order valence-corrected chi connectivity index (χ1v) is 6.82. The van der Waals surface area contributed by atoms with Gasteiger partial charge in [0.2, 0.25) is 5.82 Å². The zero-order valence-electron chi connectivity index (χ0n) is 11.6. The fourth-order valence-corrected chi connectivity index (χ4v) is 2.55. The van der Waals surface area contributed by atoms with Crippen LogP contribution in [0.3, 0.4) is 0 Å². The first-order chi connectivity index (χ1) is 11.1. The highest BCUT2D eigenvalue weighted by Gasteiger charge is 2.37. The molecule has 0 bridgehead atoms. The molecule has 0 radical (unpaired) electrons. The standard InChI is InChI=1S/C16H9F3N4/c17-16(18,19)15-20-12-9-5-4-8-11(12)14-22-21-13(23(14)15)10-6-2-1-3-7-10/h1-9H. The predicted octanol–water partition coefficient (Wildman–Crippen LogP) is 3.96. The summed E-state index contributed by atoms with van der Waals surface area (Å²) < 4.78 is 41.4. The summed E-state index contributed by atoms with van der Waals surface area (Å²) in [6.45, 7) is 0. The van der Waals surface area contributed by atoms with Crippen molar-refractivity contribution in [1.82, 2.24) is 19.6 Å². The number of aromatic nitrogens is 4. The average molecular weight is 314 g/mol. The highest BCUT2D eigenvalue weighted by atomic mass is 19.4. The molecule has 114 valence electrons. The maximum Gasteiger partial charge on any atom is 0.450 e. The van der Waals surface area contributed by atoms with Crippen LogP contribution in [0.15, 0.2) is 54.6 Å². The third-order valence-corrected chi connectivity index (χ3v) is 3.53. The van der Waals surface area contributed by atoms with Gasteiger partial charge in [-0.25, -0.2) is 4.98 Å². The van der Waals surface area contributed by atoms with Gasteiger partial charge in [0.25, 0.3) is 0 Å². The molecule has 7 heteroatoms. The SMILES string of the molecule is FC(F)(F)c1nc2ccccc2c2nnc(-c3ccccc3)n12. The van der Waals surface area contributed by atoms with Crippen LogP contribution in [0.1, 0.15) is 5.82 Å². The molecule has 23 heavy (non-hydrogen) atoms. The molecule has 2 aromatic heterocycles. The number of halogens is 3. The fraction of sp³-hybridized carbons (Fsp3) is 0.0625. The summed E-state index contributed by atoms with van der Waals surface area (Å²) in [5.74, 6) is -0.916. The highest BCUT2D eigenvalue weighted by molar-refractivity contribution is 5.92. The topological polar surface area (TPSA) is 43.1 Å². The molecule has 0 N–H and O–H groups in total. The van der Waals surface area contributed by atoms with Gasteiger partial charge in [-0.05, 0) is 12.1 Å². The van der Waals surface area contributed by atoms with Crippen molar-refractivity contribution in [2.75, 3.05) is 0 Å². The molecule has 0 aliphatic rings. The number of hydrogen-bond acceptors (Lipinski definition) is 3. The number of hydrogen-bond donors (Lipinski definition) is 0. The van der Waals surface area contributed by atoms with Crippen LogP contribution in [0, 0.1) is 0 Å². The van der Waals surface area contributed by atoms with E-state index in [1.165, 1.54) is 6.07 Å². The first kappa shape index (κ1) is 13.7. The van der Waals surface area contributed by atoms with Crippen LogP contribution in [0.4, 0.5) is 13.2 Å². The lowest BCUT2D eigenvalue weighted by Gasteiger charge is -2.11. The van der Waals surface area contributed by atoms with E-state index in [0.29, 0.717) is 10.9 Å². The molecule has 2 heterocycles. The number of rotatable bonds is 1. The van der Waals surface area contributed by atoms with Gasteiger partial charge < -0.3 is 0 Å². The zero-order chi connectivity index (χ0) is 16.0. The molecule has 0 unspecified atom stereocenters. The number of alkyl halides is 3. The van der Waals surface area contributed by atoms with E-state index < -0.39 is 12.0 Å². The molecule has 0 saturated carbocycles. The van der Waals surface area contributed by atoms with Crippen molar-refractivity contribution in [3.05, 3.63) is 60.4 Å². The van der Waals surface area contributed by atoms with Crippen LogP contribution < -0.4 is 0 Å². The Hall–Kier alpha value is -2.96. The smallest absolute Gasteiger partial charge is 0.254 e. The summed E-state index contributed by atoms with van der Waals surface area (Å²) in [5, 5.41) is 8.46. The molecule has 4 aromatic rings. The Morgan fingerprint density at radius 1 is 0.826 bits per heavy atom. The molecule has 4 nitrogen and oxygen atoms in total. The number of para-hydroxylation sites is 1. The van der Waals surface area contributed by atoms with Crippen LogP contribution >= 0.6 is 0 Å². The number of nitrogens with zero attached hydrogens (tertiary/aromatic N) is 4. The van der Waals surface area contributed by atoms with Gasteiger partial charge in [-0.3, -0.25) is 4.40 Å². The highest BCUT2D eigenvalue weighted by Crippen LogP contribution is 2.33. The molecule has 0 aliphatic heterocycles. The summed E-state index contributed by atoms with van der Waals surface area (Å²) in [6, 6.07) is 15.2. The van der Waals surface area contributed by atoms with Crippen LogP contribution in [0.25, 0.3) is 27.9 Å². The van der Waals surface area contributed by atoms with E-state index in [1.807, 2.05) is 0 Å². The largest absolute Gasteiger partial charge is 0.450 e. The molecule has 0 atom stereocenters. The van der Waals surface area contributed by atoms with Gasteiger partial charge in [0.1, 0.15) is 0 Å². The van der Waals surface area contributed by atoms with Crippen molar-refractivity contribution < 1.29 is 13.2 Å². The molecule has 0 amide bonds. The van der Waals surface area contributed by atoms with Crippen LogP contribution in [-0.2, 0) is 6.18 Å². The van der Waals surface area contributed by atoms with E-state index in [-0.39, 0.29) is 17.0 Å². The number of benzene rings is 2. The first-order valence-electron chi connectivity index (χ1n) is 6.82. The normalized spacial score (nSPS) is 12.1.